The Morgan fingerprint density at radius 2 is 1.36 bits per heavy atom. The molecule has 33 heavy (non-hydrogen) atoms. The summed E-state index contributed by atoms with van der Waals surface area (Å²) in [5.41, 5.74) is 0.484. The summed E-state index contributed by atoms with van der Waals surface area (Å²) in [5, 5.41) is 0. The number of hydrogen-bond donors (Lipinski definition) is 0. The quantitative estimate of drug-likeness (QED) is 0.568. The Balaban J connectivity index is 1.63. The Morgan fingerprint density at radius 3 is 1.94 bits per heavy atom. The van der Waals surface area contributed by atoms with Crippen molar-refractivity contribution >= 4 is 17.3 Å². The lowest BCUT2D eigenvalue weighted by molar-refractivity contribution is 0.0340. The maximum Gasteiger partial charge on any atom is 0.192 e. The molecule has 6 rings (SSSR count). The molecule has 3 aromatic carbocycles. The summed E-state index contributed by atoms with van der Waals surface area (Å²) < 4.78 is 5.33. The van der Waals surface area contributed by atoms with Gasteiger partial charge in [-0.25, -0.2) is 0 Å². The smallest absolute Gasteiger partial charge is 0.192 e. The van der Waals surface area contributed by atoms with E-state index in [1.165, 1.54) is 0 Å². The van der Waals surface area contributed by atoms with Crippen LogP contribution in [0.3, 0.4) is 0 Å². The molecule has 0 amide bonds. The number of benzene rings is 3. The molecule has 1 aliphatic heterocycles. The number of methoxy groups -OCH3 is 1. The second-order valence-electron chi connectivity index (χ2n) is 9.25. The number of carbonyl (C=O) groups is 3. The van der Waals surface area contributed by atoms with E-state index in [1.54, 1.807) is 31.4 Å². The molecule has 2 spiro atoms. The van der Waals surface area contributed by atoms with Gasteiger partial charge in [-0.15, -0.1) is 0 Å². The number of carbonyl (C=O) groups excluding carboxylic acids is 3. The fraction of sp³-hybridized carbons (Fsp3) is 0.250. The minimum absolute atomic E-state index is 0.113. The standard InChI is InChI=1S/C28H23NO4/c1-29-16-23(17-11-13-19(33-2)14-12-17)27(15-18-7-3-4-8-20(18)24(27)30)28(29)25(31)21-9-5-6-10-22(21)26(28)32/h3-14,23H,15-16H2,1-2H3. The second-order valence-corrected chi connectivity index (χ2v) is 9.25. The van der Waals surface area contributed by atoms with Crippen LogP contribution in [0.1, 0.15) is 48.1 Å². The van der Waals surface area contributed by atoms with E-state index in [1.807, 2.05) is 60.5 Å². The van der Waals surface area contributed by atoms with Crippen molar-refractivity contribution in [2.75, 3.05) is 20.7 Å². The van der Waals surface area contributed by atoms with Crippen molar-refractivity contribution in [1.82, 2.24) is 4.90 Å². The molecule has 2 unspecified atom stereocenters. The molecule has 0 bridgehead atoms. The number of nitrogens with zero attached hydrogens (tertiary/aromatic N) is 1. The minimum atomic E-state index is -1.56. The largest absolute Gasteiger partial charge is 0.497 e. The number of fused-ring (bicyclic) bond motifs is 3. The Kier molecular flexibility index (Phi) is 4.08. The van der Waals surface area contributed by atoms with Gasteiger partial charge >= 0.3 is 0 Å². The molecule has 1 heterocycles. The minimum Gasteiger partial charge on any atom is -0.497 e. The fourth-order valence-corrected chi connectivity index (χ4v) is 6.60. The van der Waals surface area contributed by atoms with Gasteiger partial charge in [0, 0.05) is 29.2 Å². The van der Waals surface area contributed by atoms with Crippen LogP contribution in [0.15, 0.2) is 72.8 Å². The zero-order chi connectivity index (χ0) is 23.0. The molecule has 164 valence electrons. The van der Waals surface area contributed by atoms with Gasteiger partial charge in [0.2, 0.25) is 0 Å². The molecule has 3 aromatic rings. The van der Waals surface area contributed by atoms with E-state index in [-0.39, 0.29) is 23.3 Å². The number of likely N-dealkylation sites (tertiary alicyclic amines) is 1. The average molecular weight is 437 g/mol. The molecule has 2 aliphatic carbocycles. The first-order chi connectivity index (χ1) is 16.0. The number of ether oxygens (including phenoxy) is 1. The first kappa shape index (κ1) is 20.1. The molecule has 1 fully saturated rings. The lowest BCUT2D eigenvalue weighted by Crippen LogP contribution is -2.63. The van der Waals surface area contributed by atoms with E-state index < -0.39 is 11.0 Å². The molecule has 0 aromatic heterocycles. The van der Waals surface area contributed by atoms with Gasteiger partial charge in [-0.1, -0.05) is 60.7 Å². The van der Waals surface area contributed by atoms with E-state index in [2.05, 4.69) is 0 Å². The van der Waals surface area contributed by atoms with Crippen molar-refractivity contribution in [3.05, 3.63) is 101 Å². The van der Waals surface area contributed by atoms with Crippen molar-refractivity contribution in [1.29, 1.82) is 0 Å². The Labute approximate surface area is 192 Å². The van der Waals surface area contributed by atoms with Crippen LogP contribution < -0.4 is 4.74 Å². The Bertz CT molecular complexity index is 1310. The van der Waals surface area contributed by atoms with Crippen LogP contribution in [0, 0.1) is 5.41 Å². The maximum atomic E-state index is 14.3. The van der Waals surface area contributed by atoms with Crippen LogP contribution in [-0.4, -0.2) is 48.5 Å². The van der Waals surface area contributed by atoms with Crippen molar-refractivity contribution in [2.45, 2.75) is 17.9 Å². The normalized spacial score (nSPS) is 25.2. The number of ketones is 3. The molecular weight excluding hydrogens is 414 g/mol. The molecular formula is C28H23NO4. The number of Topliss-reactive ketones (excluding diaryl/α,β-unsaturated/α-hetero) is 3. The monoisotopic (exact) mass is 437 g/mol. The molecule has 0 saturated carbocycles. The highest BCUT2D eigenvalue weighted by Gasteiger charge is 2.77. The van der Waals surface area contributed by atoms with E-state index >= 15 is 0 Å². The van der Waals surface area contributed by atoms with Gasteiger partial charge in [-0.05, 0) is 36.7 Å². The van der Waals surface area contributed by atoms with Gasteiger partial charge in [-0.3, -0.25) is 19.3 Å². The van der Waals surface area contributed by atoms with Crippen molar-refractivity contribution < 1.29 is 19.1 Å². The summed E-state index contributed by atoms with van der Waals surface area (Å²) in [4.78, 5) is 44.4. The van der Waals surface area contributed by atoms with Gasteiger partial charge < -0.3 is 4.74 Å². The molecule has 3 aliphatic rings. The van der Waals surface area contributed by atoms with Gasteiger partial charge in [0.1, 0.15) is 5.75 Å². The predicted molar refractivity (Wildman–Crippen MR) is 123 cm³/mol. The highest BCUT2D eigenvalue weighted by molar-refractivity contribution is 6.36. The summed E-state index contributed by atoms with van der Waals surface area (Å²) in [5.74, 6) is -0.242. The maximum absolute atomic E-state index is 14.3. The third-order valence-corrected chi connectivity index (χ3v) is 8.00. The van der Waals surface area contributed by atoms with E-state index in [9.17, 15) is 14.4 Å². The van der Waals surface area contributed by atoms with Crippen LogP contribution in [0.4, 0.5) is 0 Å². The van der Waals surface area contributed by atoms with E-state index in [0.717, 1.165) is 16.9 Å². The van der Waals surface area contributed by atoms with E-state index in [0.29, 0.717) is 29.7 Å². The molecule has 0 radical (unpaired) electrons. The molecule has 0 N–H and O–H groups in total. The molecule has 5 nitrogen and oxygen atoms in total. The summed E-state index contributed by atoms with van der Waals surface area (Å²) >= 11 is 0. The number of rotatable bonds is 2. The van der Waals surface area contributed by atoms with Crippen molar-refractivity contribution in [3.63, 3.8) is 0 Å². The van der Waals surface area contributed by atoms with Crippen LogP contribution in [0.5, 0.6) is 5.75 Å². The third-order valence-electron chi connectivity index (χ3n) is 8.00. The lowest BCUT2D eigenvalue weighted by atomic mass is 9.59. The van der Waals surface area contributed by atoms with Crippen LogP contribution in [0.2, 0.25) is 0 Å². The second kappa shape index (κ2) is 6.72. The van der Waals surface area contributed by atoms with Gasteiger partial charge in [-0.2, -0.15) is 0 Å². The zero-order valence-electron chi connectivity index (χ0n) is 18.5. The topological polar surface area (TPSA) is 63.7 Å². The predicted octanol–water partition coefficient (Wildman–Crippen LogP) is 3.97. The van der Waals surface area contributed by atoms with Gasteiger partial charge in [0.15, 0.2) is 22.9 Å². The third kappa shape index (κ3) is 2.23. The van der Waals surface area contributed by atoms with Crippen LogP contribution in [0.25, 0.3) is 0 Å². The highest BCUT2D eigenvalue weighted by atomic mass is 16.5. The van der Waals surface area contributed by atoms with E-state index in [4.69, 9.17) is 4.74 Å². The fourth-order valence-electron chi connectivity index (χ4n) is 6.60. The number of likely N-dealkylation sites (N-methyl/N-ethyl adjacent to an activating group) is 1. The first-order valence-corrected chi connectivity index (χ1v) is 11.1. The first-order valence-electron chi connectivity index (χ1n) is 11.1. The SMILES string of the molecule is COc1ccc(C2CN(C)C3(C(=O)c4ccccc4C3=O)C23Cc2ccccc2C3=O)cc1. The molecule has 1 saturated heterocycles. The van der Waals surface area contributed by atoms with Crippen molar-refractivity contribution in [2.24, 2.45) is 5.41 Å². The van der Waals surface area contributed by atoms with Crippen molar-refractivity contribution in [3.8, 4) is 5.75 Å². The molecule has 2 atom stereocenters. The molecule has 5 heteroatoms. The Hall–Kier alpha value is -3.57. The van der Waals surface area contributed by atoms with Gasteiger partial charge in [0.05, 0.1) is 12.5 Å². The Morgan fingerprint density at radius 1 is 0.788 bits per heavy atom. The average Bonchev–Trinajstić information content (AvgIpc) is 3.38. The lowest BCUT2D eigenvalue weighted by Gasteiger charge is -2.42. The summed E-state index contributed by atoms with van der Waals surface area (Å²) in [6, 6.07) is 22.1. The zero-order valence-corrected chi connectivity index (χ0v) is 18.5. The summed E-state index contributed by atoms with van der Waals surface area (Å²) in [6.07, 6.45) is 0.356. The highest BCUT2D eigenvalue weighted by Crippen LogP contribution is 2.63. The van der Waals surface area contributed by atoms with Gasteiger partial charge in [0.25, 0.3) is 0 Å². The number of hydrogen-bond acceptors (Lipinski definition) is 5. The van der Waals surface area contributed by atoms with Crippen LogP contribution >= 0.6 is 0 Å². The summed E-state index contributed by atoms with van der Waals surface area (Å²) in [6.45, 7) is 0.428. The van der Waals surface area contributed by atoms with Crippen LogP contribution in [-0.2, 0) is 6.42 Å². The summed E-state index contributed by atoms with van der Waals surface area (Å²) in [7, 11) is 3.42.